The highest BCUT2D eigenvalue weighted by Crippen LogP contribution is 2.31. The van der Waals surface area contributed by atoms with E-state index in [1.165, 1.54) is 29.2 Å². The van der Waals surface area contributed by atoms with Crippen molar-refractivity contribution in [3.05, 3.63) is 71.8 Å². The number of anilines is 2. The number of halogens is 5. The van der Waals surface area contributed by atoms with Gasteiger partial charge in [-0.1, -0.05) is 18.6 Å². The van der Waals surface area contributed by atoms with Crippen molar-refractivity contribution in [3.63, 3.8) is 0 Å². The van der Waals surface area contributed by atoms with Gasteiger partial charge in [-0.25, -0.2) is 14.1 Å². The van der Waals surface area contributed by atoms with Crippen LogP contribution in [0.5, 0.6) is 5.75 Å². The van der Waals surface area contributed by atoms with Gasteiger partial charge < -0.3 is 10.1 Å². The van der Waals surface area contributed by atoms with Crippen molar-refractivity contribution in [2.45, 2.75) is 38.5 Å². The van der Waals surface area contributed by atoms with Crippen molar-refractivity contribution >= 4 is 23.2 Å². The van der Waals surface area contributed by atoms with Crippen molar-refractivity contribution in [2.75, 3.05) is 11.2 Å². The fourth-order valence-electron chi connectivity index (χ4n) is 3.71. The smallest absolute Gasteiger partial charge is 0.406 e. The molecule has 0 aliphatic rings. The molecule has 0 amide bonds. The highest BCUT2D eigenvalue weighted by Gasteiger charge is 2.31. The van der Waals surface area contributed by atoms with E-state index in [0.29, 0.717) is 29.6 Å². The van der Waals surface area contributed by atoms with Crippen molar-refractivity contribution < 1.29 is 22.3 Å². The van der Waals surface area contributed by atoms with Crippen LogP contribution in [-0.2, 0) is 0 Å². The Morgan fingerprint density at radius 3 is 2.56 bits per heavy atom. The number of nitrogens with zero attached hydrogens (tertiary/aromatic N) is 5. The Hall–Kier alpha value is -3.67. The van der Waals surface area contributed by atoms with E-state index in [1.54, 1.807) is 31.2 Å². The van der Waals surface area contributed by atoms with Gasteiger partial charge in [0.1, 0.15) is 29.4 Å². The first-order valence-corrected chi connectivity index (χ1v) is 11.5. The number of alkyl halides is 4. The van der Waals surface area contributed by atoms with Gasteiger partial charge in [-0.2, -0.15) is 10.1 Å². The number of aromatic nitrogens is 6. The number of benzene rings is 2. The van der Waals surface area contributed by atoms with Gasteiger partial charge in [0.25, 0.3) is 0 Å². The number of nitrogens with one attached hydrogen (secondary N) is 2. The van der Waals surface area contributed by atoms with Crippen molar-refractivity contribution in [1.82, 2.24) is 29.9 Å². The maximum absolute atomic E-state index is 14.7. The molecule has 0 spiro atoms. The molecule has 2 aromatic carbocycles. The van der Waals surface area contributed by atoms with Crippen LogP contribution in [-0.4, -0.2) is 42.2 Å². The predicted octanol–water partition coefficient (Wildman–Crippen LogP) is 6.02. The van der Waals surface area contributed by atoms with Crippen LogP contribution in [0.4, 0.5) is 29.2 Å². The van der Waals surface area contributed by atoms with Gasteiger partial charge >= 0.3 is 6.36 Å². The lowest BCUT2D eigenvalue weighted by atomic mass is 9.93. The fraction of sp³-hybridized carbons (Fsp3) is 0.304. The zero-order valence-corrected chi connectivity index (χ0v) is 19.8. The first-order chi connectivity index (χ1) is 17.2. The molecule has 8 nitrogen and oxygen atoms in total. The minimum absolute atomic E-state index is 0.216. The number of H-pyrrole nitrogens is 1. The van der Waals surface area contributed by atoms with Crippen LogP contribution >= 0.6 is 11.6 Å². The van der Waals surface area contributed by atoms with Gasteiger partial charge in [-0.05, 0) is 55.7 Å². The third-order valence-corrected chi connectivity index (χ3v) is 5.64. The number of unbranched alkanes of at least 4 members (excludes halogenated alkanes) is 1. The largest absolute Gasteiger partial charge is 0.573 e. The van der Waals surface area contributed by atoms with Crippen LogP contribution in [0.2, 0.25) is 0 Å². The first kappa shape index (κ1) is 25.4. The Bertz CT molecular complexity index is 1290. The molecule has 0 radical (unpaired) electrons. The van der Waals surface area contributed by atoms with E-state index in [4.69, 9.17) is 11.6 Å². The fourth-order valence-corrected chi connectivity index (χ4v) is 3.90. The highest BCUT2D eigenvalue weighted by molar-refractivity contribution is 6.17. The van der Waals surface area contributed by atoms with Crippen molar-refractivity contribution in [2.24, 2.45) is 0 Å². The van der Waals surface area contributed by atoms with E-state index in [0.717, 1.165) is 18.4 Å². The number of aryl methyl sites for hydroxylation is 1. The maximum atomic E-state index is 14.7. The maximum Gasteiger partial charge on any atom is 0.573 e. The van der Waals surface area contributed by atoms with Gasteiger partial charge in [0.2, 0.25) is 5.95 Å². The van der Waals surface area contributed by atoms with Crippen LogP contribution < -0.4 is 10.1 Å². The molecule has 1 atom stereocenters. The molecule has 0 fully saturated rings. The molecule has 2 N–H and O–H groups in total. The minimum Gasteiger partial charge on any atom is -0.406 e. The second-order valence-electron chi connectivity index (χ2n) is 7.91. The van der Waals surface area contributed by atoms with Crippen LogP contribution in [0.1, 0.15) is 42.4 Å². The molecular weight excluding hydrogens is 502 g/mol. The number of rotatable bonds is 10. The average molecular weight is 524 g/mol. The number of aromatic amines is 1. The van der Waals surface area contributed by atoms with E-state index in [1.807, 2.05) is 0 Å². The topological polar surface area (TPSA) is 93.5 Å². The molecule has 36 heavy (non-hydrogen) atoms. The van der Waals surface area contributed by atoms with Crippen molar-refractivity contribution in [1.29, 1.82) is 0 Å². The summed E-state index contributed by atoms with van der Waals surface area (Å²) in [5.74, 6) is 0.670. The summed E-state index contributed by atoms with van der Waals surface area (Å²) in [7, 11) is 0. The lowest BCUT2D eigenvalue weighted by molar-refractivity contribution is -0.274. The second kappa shape index (κ2) is 10.9. The summed E-state index contributed by atoms with van der Waals surface area (Å²) < 4.78 is 57.5. The van der Waals surface area contributed by atoms with E-state index in [9.17, 15) is 17.6 Å². The zero-order chi connectivity index (χ0) is 25.7. The zero-order valence-electron chi connectivity index (χ0n) is 19.1. The lowest BCUT2D eigenvalue weighted by Crippen LogP contribution is -2.17. The second-order valence-corrected chi connectivity index (χ2v) is 8.29. The summed E-state index contributed by atoms with van der Waals surface area (Å²) in [6.07, 6.45) is -1.24. The van der Waals surface area contributed by atoms with E-state index < -0.39 is 12.2 Å². The summed E-state index contributed by atoms with van der Waals surface area (Å²) in [6.45, 7) is 1.72. The number of ether oxygens (including phenoxy) is 1. The Kier molecular flexibility index (Phi) is 7.73. The monoisotopic (exact) mass is 523 g/mol. The number of hydrogen-bond acceptors (Lipinski definition) is 6. The van der Waals surface area contributed by atoms with Crippen LogP contribution in [0, 0.1) is 12.7 Å². The molecule has 1 unspecified atom stereocenters. The molecule has 0 saturated carbocycles. The molecule has 0 saturated heterocycles. The van der Waals surface area contributed by atoms with Crippen LogP contribution in [0.25, 0.3) is 5.69 Å². The standard InChI is InChI=1S/C23H22ClF4N7O/c1-14-29-13-30-35(14)20-10-7-16(12-19(20)25)31-22-32-21(33-34-22)18(4-2-3-11-24)15-5-8-17(9-6-15)36-23(26,27)28/h5-10,12-13,18H,2-4,11H2,1H3,(H2,31,32,33,34). The molecule has 0 bridgehead atoms. The molecule has 0 aliphatic heterocycles. The molecule has 190 valence electrons. The third kappa shape index (κ3) is 6.30. The van der Waals surface area contributed by atoms with Gasteiger partial charge in [0.05, 0.1) is 0 Å². The quantitative estimate of drug-likeness (QED) is 0.150. The normalized spacial score (nSPS) is 12.5. The molecule has 0 aliphatic carbocycles. The van der Waals surface area contributed by atoms with Crippen LogP contribution in [0.15, 0.2) is 48.8 Å². The van der Waals surface area contributed by atoms with Gasteiger partial charge in [-0.3, -0.25) is 5.10 Å². The minimum atomic E-state index is -4.77. The average Bonchev–Trinajstić information content (AvgIpc) is 3.46. The highest BCUT2D eigenvalue weighted by atomic mass is 35.5. The van der Waals surface area contributed by atoms with Gasteiger partial charge in [0, 0.05) is 17.5 Å². The summed E-state index contributed by atoms with van der Waals surface area (Å²) >= 11 is 5.81. The summed E-state index contributed by atoms with van der Waals surface area (Å²) in [6, 6.07) is 10.1. The SMILES string of the molecule is Cc1ncnn1-c1ccc(Nc2n[nH]c(C(CCCCCl)c3ccc(OC(F)(F)F)cc3)n2)cc1F. The van der Waals surface area contributed by atoms with Crippen LogP contribution in [0.3, 0.4) is 0 Å². The van der Waals surface area contributed by atoms with E-state index >= 15 is 0 Å². The van der Waals surface area contributed by atoms with Gasteiger partial charge in [0.15, 0.2) is 5.82 Å². The van der Waals surface area contributed by atoms with E-state index in [-0.39, 0.29) is 23.3 Å². The predicted molar refractivity (Wildman–Crippen MR) is 125 cm³/mol. The molecule has 2 aromatic heterocycles. The summed E-state index contributed by atoms with van der Waals surface area (Å²) in [4.78, 5) is 8.48. The lowest BCUT2D eigenvalue weighted by Gasteiger charge is -2.15. The Balaban J connectivity index is 1.52. The molecule has 4 rings (SSSR count). The Morgan fingerprint density at radius 2 is 1.92 bits per heavy atom. The number of hydrogen-bond donors (Lipinski definition) is 2. The Morgan fingerprint density at radius 1 is 1.14 bits per heavy atom. The van der Waals surface area contributed by atoms with Gasteiger partial charge in [-0.15, -0.1) is 29.9 Å². The molecule has 2 heterocycles. The Labute approximate surface area is 208 Å². The van der Waals surface area contributed by atoms with Crippen molar-refractivity contribution in [3.8, 4) is 11.4 Å². The summed E-state index contributed by atoms with van der Waals surface area (Å²) in [5, 5.41) is 14.0. The van der Waals surface area contributed by atoms with E-state index in [2.05, 4.69) is 35.3 Å². The third-order valence-electron chi connectivity index (χ3n) is 5.38. The molecule has 4 aromatic rings. The molecular formula is C23H22ClF4N7O. The first-order valence-electron chi connectivity index (χ1n) is 11.0. The molecule has 13 heteroatoms. The summed E-state index contributed by atoms with van der Waals surface area (Å²) in [5.41, 5.74) is 1.41.